The van der Waals surface area contributed by atoms with Crippen LogP contribution in [0, 0.1) is 0 Å². The SMILES string of the molecule is O=C(Cc1ccccc1C(F)(F)F)Nc1ccno1. The highest BCUT2D eigenvalue weighted by atomic mass is 19.4. The number of benzene rings is 1. The van der Waals surface area contributed by atoms with Crippen molar-refractivity contribution in [3.63, 3.8) is 0 Å². The van der Waals surface area contributed by atoms with Crippen molar-refractivity contribution in [2.24, 2.45) is 0 Å². The third-order valence-electron chi connectivity index (χ3n) is 2.37. The van der Waals surface area contributed by atoms with Gasteiger partial charge >= 0.3 is 6.18 Å². The number of nitrogens with zero attached hydrogens (tertiary/aromatic N) is 1. The molecule has 7 heteroatoms. The summed E-state index contributed by atoms with van der Waals surface area (Å²) in [5.74, 6) is -0.511. The Morgan fingerprint density at radius 2 is 2.00 bits per heavy atom. The Bertz CT molecular complexity index is 565. The zero-order valence-electron chi connectivity index (χ0n) is 9.57. The van der Waals surface area contributed by atoms with Gasteiger partial charge in [0.2, 0.25) is 11.8 Å². The molecule has 0 fully saturated rings. The van der Waals surface area contributed by atoms with Crippen molar-refractivity contribution in [3.05, 3.63) is 47.7 Å². The van der Waals surface area contributed by atoms with Gasteiger partial charge in [-0.15, -0.1) is 0 Å². The first-order valence-corrected chi connectivity index (χ1v) is 5.32. The second-order valence-corrected chi connectivity index (χ2v) is 3.76. The van der Waals surface area contributed by atoms with Crippen LogP contribution < -0.4 is 5.32 Å². The van der Waals surface area contributed by atoms with Crippen molar-refractivity contribution >= 4 is 11.8 Å². The summed E-state index contributed by atoms with van der Waals surface area (Å²) in [6.45, 7) is 0. The number of alkyl halides is 3. The van der Waals surface area contributed by atoms with E-state index in [1.165, 1.54) is 30.5 Å². The molecule has 0 aliphatic heterocycles. The number of rotatable bonds is 3. The van der Waals surface area contributed by atoms with Crippen LogP contribution in [0.2, 0.25) is 0 Å². The number of carbonyl (C=O) groups is 1. The van der Waals surface area contributed by atoms with Gasteiger partial charge in [0.15, 0.2) is 0 Å². The van der Waals surface area contributed by atoms with E-state index in [1.807, 2.05) is 0 Å². The molecule has 19 heavy (non-hydrogen) atoms. The number of hydrogen-bond donors (Lipinski definition) is 1. The van der Waals surface area contributed by atoms with Crippen LogP contribution in [0.25, 0.3) is 0 Å². The first kappa shape index (κ1) is 13.1. The van der Waals surface area contributed by atoms with E-state index < -0.39 is 24.1 Å². The standard InChI is InChI=1S/C12H9F3N2O2/c13-12(14,15)9-4-2-1-3-8(9)7-10(18)17-11-5-6-16-19-11/h1-6H,7H2,(H,17,18). The van der Waals surface area contributed by atoms with Gasteiger partial charge in [0, 0.05) is 6.07 Å². The Morgan fingerprint density at radius 3 is 2.63 bits per heavy atom. The highest BCUT2D eigenvalue weighted by Gasteiger charge is 2.33. The van der Waals surface area contributed by atoms with Crippen LogP contribution in [0.3, 0.4) is 0 Å². The van der Waals surface area contributed by atoms with Gasteiger partial charge in [-0.25, -0.2) is 0 Å². The largest absolute Gasteiger partial charge is 0.416 e. The summed E-state index contributed by atoms with van der Waals surface area (Å²) in [7, 11) is 0. The predicted octanol–water partition coefficient (Wildman–Crippen LogP) is 2.87. The summed E-state index contributed by atoms with van der Waals surface area (Å²) in [4.78, 5) is 11.6. The second kappa shape index (κ2) is 5.13. The molecule has 0 unspecified atom stereocenters. The smallest absolute Gasteiger partial charge is 0.338 e. The Balaban J connectivity index is 2.13. The summed E-state index contributed by atoms with van der Waals surface area (Å²) in [5, 5.41) is 5.68. The van der Waals surface area contributed by atoms with E-state index in [0.717, 1.165) is 6.07 Å². The molecule has 1 aromatic carbocycles. The number of hydrogen-bond acceptors (Lipinski definition) is 3. The fraction of sp³-hybridized carbons (Fsp3) is 0.167. The van der Waals surface area contributed by atoms with E-state index in [2.05, 4.69) is 15.0 Å². The van der Waals surface area contributed by atoms with E-state index >= 15 is 0 Å². The molecule has 0 aliphatic rings. The summed E-state index contributed by atoms with van der Waals surface area (Å²) < 4.78 is 42.8. The average Bonchev–Trinajstić information content (AvgIpc) is 2.81. The maximum absolute atomic E-state index is 12.7. The molecule has 0 saturated carbocycles. The average molecular weight is 270 g/mol. The zero-order valence-corrected chi connectivity index (χ0v) is 9.57. The lowest BCUT2D eigenvalue weighted by atomic mass is 10.0. The molecular formula is C12H9F3N2O2. The van der Waals surface area contributed by atoms with Crippen LogP contribution in [-0.4, -0.2) is 11.1 Å². The molecule has 0 spiro atoms. The Labute approximate surface area is 106 Å². The van der Waals surface area contributed by atoms with Crippen molar-refractivity contribution < 1.29 is 22.5 Å². The van der Waals surface area contributed by atoms with Crippen LogP contribution in [0.1, 0.15) is 11.1 Å². The van der Waals surface area contributed by atoms with Gasteiger partial charge in [0.1, 0.15) is 0 Å². The lowest BCUT2D eigenvalue weighted by Gasteiger charge is -2.11. The van der Waals surface area contributed by atoms with Crippen molar-refractivity contribution in [1.29, 1.82) is 0 Å². The molecule has 1 amide bonds. The quantitative estimate of drug-likeness (QED) is 0.933. The summed E-state index contributed by atoms with van der Waals surface area (Å²) in [6, 6.07) is 6.33. The van der Waals surface area contributed by atoms with Crippen molar-refractivity contribution in [2.45, 2.75) is 12.6 Å². The second-order valence-electron chi connectivity index (χ2n) is 3.76. The fourth-order valence-corrected chi connectivity index (χ4v) is 1.59. The van der Waals surface area contributed by atoms with E-state index in [-0.39, 0.29) is 11.4 Å². The third-order valence-corrected chi connectivity index (χ3v) is 2.37. The topological polar surface area (TPSA) is 55.1 Å². The highest BCUT2D eigenvalue weighted by Crippen LogP contribution is 2.32. The third kappa shape index (κ3) is 3.34. The van der Waals surface area contributed by atoms with E-state index in [4.69, 9.17) is 0 Å². The molecule has 1 N–H and O–H groups in total. The van der Waals surface area contributed by atoms with Gasteiger partial charge in [-0.05, 0) is 11.6 Å². The maximum atomic E-state index is 12.7. The van der Waals surface area contributed by atoms with Gasteiger partial charge < -0.3 is 4.52 Å². The Kier molecular flexibility index (Phi) is 3.55. The molecule has 1 heterocycles. The molecule has 1 aromatic heterocycles. The van der Waals surface area contributed by atoms with Crippen molar-refractivity contribution in [3.8, 4) is 0 Å². The van der Waals surface area contributed by atoms with Gasteiger partial charge in [-0.3, -0.25) is 10.1 Å². The minimum absolute atomic E-state index is 0.0907. The highest BCUT2D eigenvalue weighted by molar-refractivity contribution is 5.91. The summed E-state index contributed by atoms with van der Waals surface area (Å²) in [6.07, 6.45) is -3.56. The zero-order chi connectivity index (χ0) is 13.9. The molecule has 100 valence electrons. The molecule has 0 saturated heterocycles. The van der Waals surface area contributed by atoms with E-state index in [1.54, 1.807) is 0 Å². The normalized spacial score (nSPS) is 11.3. The minimum Gasteiger partial charge on any atom is -0.338 e. The predicted molar refractivity (Wildman–Crippen MR) is 60.3 cm³/mol. The molecule has 0 bridgehead atoms. The van der Waals surface area contributed by atoms with Gasteiger partial charge in [0.25, 0.3) is 0 Å². The number of anilines is 1. The molecule has 0 aliphatic carbocycles. The van der Waals surface area contributed by atoms with Gasteiger partial charge in [-0.1, -0.05) is 23.4 Å². The van der Waals surface area contributed by atoms with Crippen LogP contribution in [-0.2, 0) is 17.4 Å². The number of halogens is 3. The lowest BCUT2D eigenvalue weighted by molar-refractivity contribution is -0.138. The number of carbonyl (C=O) groups excluding carboxylic acids is 1. The molecule has 4 nitrogen and oxygen atoms in total. The molecule has 0 atom stereocenters. The number of nitrogens with one attached hydrogen (secondary N) is 1. The summed E-state index contributed by atoms with van der Waals surface area (Å²) in [5.41, 5.74) is -0.908. The van der Waals surface area contributed by atoms with Gasteiger partial charge in [0.05, 0.1) is 18.2 Å². The van der Waals surface area contributed by atoms with Crippen molar-refractivity contribution in [1.82, 2.24) is 5.16 Å². The van der Waals surface area contributed by atoms with Gasteiger partial charge in [-0.2, -0.15) is 13.2 Å². The molecule has 2 rings (SSSR count). The fourth-order valence-electron chi connectivity index (χ4n) is 1.59. The lowest BCUT2D eigenvalue weighted by Crippen LogP contribution is -2.17. The van der Waals surface area contributed by atoms with Crippen molar-refractivity contribution in [2.75, 3.05) is 5.32 Å². The van der Waals surface area contributed by atoms with Crippen LogP contribution in [0.4, 0.5) is 19.1 Å². The molecular weight excluding hydrogens is 261 g/mol. The number of amides is 1. The first-order valence-electron chi connectivity index (χ1n) is 5.32. The maximum Gasteiger partial charge on any atom is 0.416 e. The Morgan fingerprint density at radius 1 is 1.26 bits per heavy atom. The molecule has 2 aromatic rings. The monoisotopic (exact) mass is 270 g/mol. The van der Waals surface area contributed by atoms with Crippen LogP contribution >= 0.6 is 0 Å². The number of aromatic nitrogens is 1. The van der Waals surface area contributed by atoms with E-state index in [9.17, 15) is 18.0 Å². The van der Waals surface area contributed by atoms with Crippen LogP contribution in [0.15, 0.2) is 41.1 Å². The summed E-state index contributed by atoms with van der Waals surface area (Å²) >= 11 is 0. The van der Waals surface area contributed by atoms with Crippen LogP contribution in [0.5, 0.6) is 0 Å². The minimum atomic E-state index is -4.48. The Hall–Kier alpha value is -2.31. The molecule has 0 radical (unpaired) electrons. The van der Waals surface area contributed by atoms with E-state index in [0.29, 0.717) is 0 Å². The first-order chi connectivity index (χ1) is 8.97.